The third-order valence-corrected chi connectivity index (χ3v) is 5.43. The van der Waals surface area contributed by atoms with E-state index in [0.717, 1.165) is 11.3 Å². The summed E-state index contributed by atoms with van der Waals surface area (Å²) in [5.74, 6) is 0.586. The number of carbonyl (C=O) groups excluding carboxylic acids is 1. The standard InChI is InChI=1S/C28H24N6O4/c1-18-8-6-7-11-22(18)31-25(35)17-38-23-13-12-19(14-24(23)37-2)16-30-34-28-32-26(20-9-4-3-5-10-20)21(15-29)27(36)33-28/h3-14,16H,17H2,1-2H3,(H,31,35)(H2,32,33,34,36). The number of aromatic nitrogens is 2. The molecule has 3 N–H and O–H groups in total. The number of nitrogens with zero attached hydrogens (tertiary/aromatic N) is 3. The van der Waals surface area contributed by atoms with E-state index in [-0.39, 0.29) is 29.7 Å². The lowest BCUT2D eigenvalue weighted by Gasteiger charge is -2.12. The highest BCUT2D eigenvalue weighted by atomic mass is 16.5. The Labute approximate surface area is 218 Å². The second-order valence-electron chi connectivity index (χ2n) is 8.05. The number of hydrogen-bond donors (Lipinski definition) is 3. The first kappa shape index (κ1) is 25.7. The molecule has 0 saturated carbocycles. The van der Waals surface area contributed by atoms with E-state index in [9.17, 15) is 14.9 Å². The number of benzene rings is 3. The Morgan fingerprint density at radius 1 is 1.11 bits per heavy atom. The molecule has 1 heterocycles. The summed E-state index contributed by atoms with van der Waals surface area (Å²) in [6.07, 6.45) is 1.50. The Balaban J connectivity index is 1.43. The van der Waals surface area contributed by atoms with E-state index in [4.69, 9.17) is 9.47 Å². The molecular formula is C28H24N6O4. The molecule has 1 aromatic heterocycles. The smallest absolute Gasteiger partial charge is 0.270 e. The lowest BCUT2D eigenvalue weighted by atomic mass is 10.1. The lowest BCUT2D eigenvalue weighted by Crippen LogP contribution is -2.20. The Bertz CT molecular complexity index is 1570. The van der Waals surface area contributed by atoms with Gasteiger partial charge in [-0.15, -0.1) is 0 Å². The van der Waals surface area contributed by atoms with Crippen molar-refractivity contribution in [2.24, 2.45) is 5.10 Å². The number of hydrogen-bond acceptors (Lipinski definition) is 8. The molecule has 0 spiro atoms. The van der Waals surface area contributed by atoms with Gasteiger partial charge in [0.1, 0.15) is 11.6 Å². The largest absolute Gasteiger partial charge is 0.493 e. The molecule has 0 aliphatic heterocycles. The molecule has 1 amide bonds. The summed E-state index contributed by atoms with van der Waals surface area (Å²) in [6, 6.07) is 23.4. The van der Waals surface area contributed by atoms with Crippen molar-refractivity contribution in [1.29, 1.82) is 5.26 Å². The fraction of sp³-hybridized carbons (Fsp3) is 0.107. The zero-order valence-electron chi connectivity index (χ0n) is 20.7. The minimum Gasteiger partial charge on any atom is -0.493 e. The SMILES string of the molecule is COc1cc(C=NNc2nc(-c3ccccc3)c(C#N)c(=O)[nH]2)ccc1OCC(=O)Nc1ccccc1C. The summed E-state index contributed by atoms with van der Waals surface area (Å²) in [5.41, 5.74) is 5.24. The summed E-state index contributed by atoms with van der Waals surface area (Å²) >= 11 is 0. The number of methoxy groups -OCH3 is 1. The maximum Gasteiger partial charge on any atom is 0.270 e. The topological polar surface area (TPSA) is 141 Å². The van der Waals surface area contributed by atoms with Gasteiger partial charge in [-0.2, -0.15) is 10.4 Å². The van der Waals surface area contributed by atoms with Crippen molar-refractivity contribution in [1.82, 2.24) is 9.97 Å². The molecule has 4 rings (SSSR count). The van der Waals surface area contributed by atoms with Crippen molar-refractivity contribution in [2.45, 2.75) is 6.92 Å². The van der Waals surface area contributed by atoms with E-state index >= 15 is 0 Å². The number of amides is 1. The minimum absolute atomic E-state index is 0.0793. The highest BCUT2D eigenvalue weighted by Gasteiger charge is 2.13. The summed E-state index contributed by atoms with van der Waals surface area (Å²) in [4.78, 5) is 31.5. The van der Waals surface area contributed by atoms with Gasteiger partial charge < -0.3 is 14.8 Å². The van der Waals surface area contributed by atoms with Crippen LogP contribution in [0.2, 0.25) is 0 Å². The molecule has 10 nitrogen and oxygen atoms in total. The van der Waals surface area contributed by atoms with Crippen LogP contribution in [0.5, 0.6) is 11.5 Å². The number of carbonyl (C=O) groups is 1. The number of ether oxygens (including phenoxy) is 2. The summed E-state index contributed by atoms with van der Waals surface area (Å²) < 4.78 is 11.0. The molecular weight excluding hydrogens is 484 g/mol. The molecule has 0 fully saturated rings. The molecule has 10 heteroatoms. The maximum atomic E-state index is 12.4. The minimum atomic E-state index is -0.575. The highest BCUT2D eigenvalue weighted by molar-refractivity contribution is 5.92. The van der Waals surface area contributed by atoms with Gasteiger partial charge in [0.25, 0.3) is 11.5 Å². The fourth-order valence-corrected chi connectivity index (χ4v) is 3.53. The number of nitrogens with one attached hydrogen (secondary N) is 3. The molecule has 0 aliphatic rings. The molecule has 0 unspecified atom stereocenters. The van der Waals surface area contributed by atoms with Crippen LogP contribution in [0.1, 0.15) is 16.7 Å². The third-order valence-electron chi connectivity index (χ3n) is 5.43. The van der Waals surface area contributed by atoms with Gasteiger partial charge in [0.2, 0.25) is 5.95 Å². The number of hydrazone groups is 1. The van der Waals surface area contributed by atoms with E-state index in [1.807, 2.05) is 43.3 Å². The average molecular weight is 509 g/mol. The number of rotatable bonds is 9. The second-order valence-corrected chi connectivity index (χ2v) is 8.05. The fourth-order valence-electron chi connectivity index (χ4n) is 3.53. The molecule has 3 aromatic carbocycles. The Morgan fingerprint density at radius 3 is 2.61 bits per heavy atom. The summed E-state index contributed by atoms with van der Waals surface area (Å²) in [6.45, 7) is 1.72. The lowest BCUT2D eigenvalue weighted by molar-refractivity contribution is -0.118. The predicted molar refractivity (Wildman–Crippen MR) is 145 cm³/mol. The zero-order chi connectivity index (χ0) is 26.9. The molecule has 0 bridgehead atoms. The number of para-hydroxylation sites is 1. The van der Waals surface area contributed by atoms with Crippen LogP contribution in [-0.4, -0.2) is 35.8 Å². The van der Waals surface area contributed by atoms with Crippen LogP contribution in [0.15, 0.2) is 82.7 Å². The summed E-state index contributed by atoms with van der Waals surface area (Å²) in [5, 5.41) is 16.3. The second kappa shape index (κ2) is 12.0. The molecule has 0 aliphatic carbocycles. The molecule has 190 valence electrons. The number of H-pyrrole nitrogens is 1. The number of aromatic amines is 1. The Kier molecular flexibility index (Phi) is 8.11. The van der Waals surface area contributed by atoms with Gasteiger partial charge in [0, 0.05) is 11.3 Å². The van der Waals surface area contributed by atoms with Gasteiger partial charge in [-0.05, 0) is 42.3 Å². The maximum absolute atomic E-state index is 12.4. The van der Waals surface area contributed by atoms with Crippen molar-refractivity contribution in [3.63, 3.8) is 0 Å². The monoisotopic (exact) mass is 508 g/mol. The van der Waals surface area contributed by atoms with Gasteiger partial charge in [0.15, 0.2) is 18.1 Å². The first-order valence-electron chi connectivity index (χ1n) is 11.5. The van der Waals surface area contributed by atoms with Crippen molar-refractivity contribution in [2.75, 3.05) is 24.5 Å². The van der Waals surface area contributed by atoms with E-state index in [1.54, 1.807) is 42.5 Å². The quantitative estimate of drug-likeness (QED) is 0.228. The molecule has 0 radical (unpaired) electrons. The van der Waals surface area contributed by atoms with E-state index < -0.39 is 5.56 Å². The van der Waals surface area contributed by atoms with Crippen LogP contribution in [-0.2, 0) is 4.79 Å². The number of aryl methyl sites for hydroxylation is 1. The van der Waals surface area contributed by atoms with E-state index in [2.05, 4.69) is 25.8 Å². The first-order chi connectivity index (χ1) is 18.5. The van der Waals surface area contributed by atoms with E-state index in [1.165, 1.54) is 13.3 Å². The Morgan fingerprint density at radius 2 is 1.87 bits per heavy atom. The van der Waals surface area contributed by atoms with E-state index in [0.29, 0.717) is 22.6 Å². The van der Waals surface area contributed by atoms with Crippen LogP contribution >= 0.6 is 0 Å². The van der Waals surface area contributed by atoms with Gasteiger partial charge in [0.05, 0.1) is 19.0 Å². The zero-order valence-corrected chi connectivity index (χ0v) is 20.7. The number of anilines is 2. The van der Waals surface area contributed by atoms with Crippen LogP contribution < -0.4 is 25.8 Å². The van der Waals surface area contributed by atoms with Crippen LogP contribution in [0.25, 0.3) is 11.3 Å². The van der Waals surface area contributed by atoms with Crippen molar-refractivity contribution in [3.8, 4) is 28.8 Å². The molecule has 38 heavy (non-hydrogen) atoms. The molecule has 0 saturated heterocycles. The predicted octanol–water partition coefficient (Wildman–Crippen LogP) is 4.09. The van der Waals surface area contributed by atoms with Crippen LogP contribution in [0, 0.1) is 18.3 Å². The van der Waals surface area contributed by atoms with Gasteiger partial charge in [-0.3, -0.25) is 14.6 Å². The van der Waals surface area contributed by atoms with Crippen LogP contribution in [0.4, 0.5) is 11.6 Å². The van der Waals surface area contributed by atoms with Gasteiger partial charge in [-0.1, -0.05) is 48.5 Å². The number of nitriles is 1. The van der Waals surface area contributed by atoms with Gasteiger partial charge in [-0.25, -0.2) is 10.4 Å². The van der Waals surface area contributed by atoms with Crippen molar-refractivity contribution >= 4 is 23.8 Å². The molecule has 0 atom stereocenters. The third kappa shape index (κ3) is 6.22. The van der Waals surface area contributed by atoms with Crippen molar-refractivity contribution < 1.29 is 14.3 Å². The van der Waals surface area contributed by atoms with Crippen LogP contribution in [0.3, 0.4) is 0 Å². The average Bonchev–Trinajstić information content (AvgIpc) is 2.93. The summed E-state index contributed by atoms with van der Waals surface area (Å²) in [7, 11) is 1.49. The molecule has 4 aromatic rings. The Hall–Kier alpha value is -5.43. The van der Waals surface area contributed by atoms with Gasteiger partial charge >= 0.3 is 0 Å². The highest BCUT2D eigenvalue weighted by Crippen LogP contribution is 2.27. The normalized spacial score (nSPS) is 10.6. The van der Waals surface area contributed by atoms with Crippen molar-refractivity contribution in [3.05, 3.63) is 99.8 Å². The first-order valence-corrected chi connectivity index (χ1v) is 11.5.